The van der Waals surface area contributed by atoms with Gasteiger partial charge in [0.2, 0.25) is 0 Å². The van der Waals surface area contributed by atoms with Gasteiger partial charge >= 0.3 is 0 Å². The Kier molecular flexibility index (Phi) is 4.00. The molecule has 0 aliphatic rings. The van der Waals surface area contributed by atoms with Crippen molar-refractivity contribution in [2.24, 2.45) is 0 Å². The fourth-order valence-corrected chi connectivity index (χ4v) is 2.77. The Balaban J connectivity index is 1.86. The Labute approximate surface area is 132 Å². The minimum Gasteiger partial charge on any atom is -0.356 e. The number of nitrogens with one attached hydrogen (secondary N) is 2. The van der Waals surface area contributed by atoms with Crippen LogP contribution in [0.1, 0.15) is 17.0 Å². The number of aromatic nitrogens is 3. The lowest BCUT2D eigenvalue weighted by Gasteiger charge is -2.16. The third-order valence-corrected chi connectivity index (χ3v) is 4.00. The summed E-state index contributed by atoms with van der Waals surface area (Å²) in [4.78, 5) is 17.6. The number of para-hydroxylation sites is 1. The van der Waals surface area contributed by atoms with Gasteiger partial charge in [-0.3, -0.25) is 14.8 Å². The summed E-state index contributed by atoms with van der Waals surface area (Å²) in [5.41, 5.74) is 3.72. The molecule has 0 saturated carbocycles. The second kappa shape index (κ2) is 5.94. The highest BCUT2D eigenvalue weighted by atomic mass is 35.5. The Bertz CT molecular complexity index is 868. The lowest BCUT2D eigenvalue weighted by atomic mass is 10.2. The van der Waals surface area contributed by atoms with E-state index in [0.717, 1.165) is 23.5 Å². The maximum Gasteiger partial charge on any atom is 0.189 e. The largest absolute Gasteiger partial charge is 0.356 e. The van der Waals surface area contributed by atoms with Crippen molar-refractivity contribution in [3.63, 3.8) is 0 Å². The lowest BCUT2D eigenvalue weighted by molar-refractivity contribution is 0.315. The Morgan fingerprint density at radius 1 is 1.32 bits per heavy atom. The number of pyridine rings is 1. The summed E-state index contributed by atoms with van der Waals surface area (Å²) in [6.45, 7) is 3.37. The molecule has 0 amide bonds. The van der Waals surface area contributed by atoms with Gasteiger partial charge in [0.15, 0.2) is 5.43 Å². The standard InChI is InChI=1S/C16H17ClN4O/c1-10-11(7-18-20-10)8-21(2)9-12-6-15(22)13-4-3-5-14(17)16(13)19-12/h3-7H,8-9H2,1-2H3,(H,18,20)(H,19,22). The van der Waals surface area contributed by atoms with Gasteiger partial charge in [0.25, 0.3) is 0 Å². The molecule has 0 spiro atoms. The van der Waals surface area contributed by atoms with E-state index >= 15 is 0 Å². The van der Waals surface area contributed by atoms with E-state index in [1.54, 1.807) is 24.3 Å². The smallest absolute Gasteiger partial charge is 0.189 e. The molecule has 2 N–H and O–H groups in total. The summed E-state index contributed by atoms with van der Waals surface area (Å²) in [5.74, 6) is 0. The molecule has 6 heteroatoms. The molecule has 0 fully saturated rings. The van der Waals surface area contributed by atoms with Gasteiger partial charge in [-0.15, -0.1) is 0 Å². The van der Waals surface area contributed by atoms with Crippen LogP contribution in [-0.4, -0.2) is 27.1 Å². The molecule has 2 aromatic heterocycles. The first-order valence-electron chi connectivity index (χ1n) is 7.02. The Morgan fingerprint density at radius 2 is 2.14 bits per heavy atom. The maximum atomic E-state index is 12.2. The first-order chi connectivity index (χ1) is 10.5. The van der Waals surface area contributed by atoms with Crippen LogP contribution in [0.5, 0.6) is 0 Å². The second-order valence-electron chi connectivity index (χ2n) is 5.51. The molecule has 3 aromatic rings. The maximum absolute atomic E-state index is 12.2. The van der Waals surface area contributed by atoms with Crippen molar-refractivity contribution in [3.05, 3.63) is 62.7 Å². The minimum atomic E-state index is -0.0147. The van der Waals surface area contributed by atoms with Gasteiger partial charge in [0.1, 0.15) is 0 Å². The molecule has 0 radical (unpaired) electrons. The molecule has 0 atom stereocenters. The molecule has 3 rings (SSSR count). The summed E-state index contributed by atoms with van der Waals surface area (Å²) in [5, 5.41) is 8.12. The van der Waals surface area contributed by atoms with Gasteiger partial charge in [-0.25, -0.2) is 0 Å². The fraction of sp³-hybridized carbons (Fsp3) is 0.250. The van der Waals surface area contributed by atoms with Crippen molar-refractivity contribution in [1.82, 2.24) is 20.1 Å². The van der Waals surface area contributed by atoms with Crippen molar-refractivity contribution >= 4 is 22.5 Å². The summed E-state index contributed by atoms with van der Waals surface area (Å²) in [6, 6.07) is 6.98. The number of nitrogens with zero attached hydrogens (tertiary/aromatic N) is 2. The van der Waals surface area contributed by atoms with Crippen LogP contribution in [0, 0.1) is 6.92 Å². The monoisotopic (exact) mass is 316 g/mol. The number of benzene rings is 1. The minimum absolute atomic E-state index is 0.0147. The van der Waals surface area contributed by atoms with Crippen LogP contribution < -0.4 is 5.43 Å². The van der Waals surface area contributed by atoms with E-state index in [4.69, 9.17) is 11.6 Å². The first-order valence-corrected chi connectivity index (χ1v) is 7.40. The van der Waals surface area contributed by atoms with Gasteiger partial charge in [-0.1, -0.05) is 17.7 Å². The van der Waals surface area contributed by atoms with E-state index in [0.29, 0.717) is 22.5 Å². The van der Waals surface area contributed by atoms with E-state index in [2.05, 4.69) is 20.1 Å². The molecule has 5 nitrogen and oxygen atoms in total. The molecule has 0 saturated heterocycles. The van der Waals surface area contributed by atoms with Crippen LogP contribution in [0.3, 0.4) is 0 Å². The molecular formula is C16H17ClN4O. The Hall–Kier alpha value is -2.11. The number of hydrogen-bond donors (Lipinski definition) is 2. The van der Waals surface area contributed by atoms with Crippen LogP contribution in [0.4, 0.5) is 0 Å². The van der Waals surface area contributed by atoms with Crippen LogP contribution >= 0.6 is 11.6 Å². The zero-order valence-corrected chi connectivity index (χ0v) is 13.2. The van der Waals surface area contributed by atoms with Gasteiger partial charge in [-0.05, 0) is 26.1 Å². The van der Waals surface area contributed by atoms with Gasteiger partial charge < -0.3 is 4.98 Å². The topological polar surface area (TPSA) is 64.8 Å². The number of aromatic amines is 2. The average Bonchev–Trinajstić information content (AvgIpc) is 2.85. The van der Waals surface area contributed by atoms with E-state index in [1.165, 1.54) is 0 Å². The lowest BCUT2D eigenvalue weighted by Crippen LogP contribution is -2.19. The van der Waals surface area contributed by atoms with Crippen LogP contribution in [-0.2, 0) is 13.1 Å². The summed E-state index contributed by atoms with van der Waals surface area (Å²) < 4.78 is 0. The van der Waals surface area contributed by atoms with Crippen molar-refractivity contribution < 1.29 is 0 Å². The molecule has 1 aromatic carbocycles. The molecule has 0 bridgehead atoms. The third-order valence-electron chi connectivity index (χ3n) is 3.68. The van der Waals surface area contributed by atoms with Crippen LogP contribution in [0.15, 0.2) is 35.3 Å². The highest BCUT2D eigenvalue weighted by molar-refractivity contribution is 6.35. The molecule has 2 heterocycles. The molecular weight excluding hydrogens is 300 g/mol. The quantitative estimate of drug-likeness (QED) is 0.778. The van der Waals surface area contributed by atoms with Crippen molar-refractivity contribution in [1.29, 1.82) is 0 Å². The van der Waals surface area contributed by atoms with Gasteiger partial charge in [0.05, 0.1) is 16.7 Å². The molecule has 0 aliphatic heterocycles. The SMILES string of the molecule is Cc1[nH]ncc1CN(C)Cc1cc(=O)c2cccc(Cl)c2[nH]1. The fourth-order valence-electron chi connectivity index (χ4n) is 2.55. The normalized spacial score (nSPS) is 11.5. The van der Waals surface area contributed by atoms with E-state index < -0.39 is 0 Å². The van der Waals surface area contributed by atoms with Crippen molar-refractivity contribution in [2.75, 3.05) is 7.05 Å². The molecule has 0 aliphatic carbocycles. The highest BCUT2D eigenvalue weighted by Gasteiger charge is 2.09. The zero-order chi connectivity index (χ0) is 15.7. The van der Waals surface area contributed by atoms with Crippen molar-refractivity contribution in [3.8, 4) is 0 Å². The average molecular weight is 317 g/mol. The summed E-state index contributed by atoms with van der Waals surface area (Å²) >= 11 is 6.18. The number of hydrogen-bond acceptors (Lipinski definition) is 3. The van der Waals surface area contributed by atoms with E-state index in [1.807, 2.05) is 20.2 Å². The Morgan fingerprint density at radius 3 is 2.86 bits per heavy atom. The van der Waals surface area contributed by atoms with Gasteiger partial charge in [-0.2, -0.15) is 5.10 Å². The van der Waals surface area contributed by atoms with Crippen LogP contribution in [0.2, 0.25) is 5.02 Å². The number of aryl methyl sites for hydroxylation is 1. The van der Waals surface area contributed by atoms with E-state index in [-0.39, 0.29) is 5.43 Å². The number of H-pyrrole nitrogens is 2. The summed E-state index contributed by atoms with van der Waals surface area (Å²) in [7, 11) is 2.00. The van der Waals surface area contributed by atoms with Gasteiger partial charge in [0, 0.05) is 41.5 Å². The molecule has 114 valence electrons. The molecule has 0 unspecified atom stereocenters. The third kappa shape index (κ3) is 2.91. The highest BCUT2D eigenvalue weighted by Crippen LogP contribution is 2.19. The second-order valence-corrected chi connectivity index (χ2v) is 5.92. The molecule has 22 heavy (non-hydrogen) atoms. The van der Waals surface area contributed by atoms with Crippen molar-refractivity contribution in [2.45, 2.75) is 20.0 Å². The number of halogens is 1. The first kappa shape index (κ1) is 14.8. The van der Waals surface area contributed by atoms with Crippen LogP contribution in [0.25, 0.3) is 10.9 Å². The zero-order valence-electron chi connectivity index (χ0n) is 12.5. The van der Waals surface area contributed by atoms with E-state index in [9.17, 15) is 4.79 Å². The number of fused-ring (bicyclic) bond motifs is 1. The summed E-state index contributed by atoms with van der Waals surface area (Å²) in [6.07, 6.45) is 1.83. The predicted molar refractivity (Wildman–Crippen MR) is 88.1 cm³/mol. The number of rotatable bonds is 4. The predicted octanol–water partition coefficient (Wildman–Crippen LogP) is 2.85.